The van der Waals surface area contributed by atoms with E-state index in [1.54, 1.807) is 20.8 Å². The molecule has 0 spiro atoms. The second-order valence-electron chi connectivity index (χ2n) is 5.49. The Kier molecular flexibility index (Phi) is 7.05. The molecule has 1 heterocycles. The summed E-state index contributed by atoms with van der Waals surface area (Å²) in [5.41, 5.74) is 1.95. The van der Waals surface area contributed by atoms with Crippen molar-refractivity contribution in [3.63, 3.8) is 0 Å². The zero-order chi connectivity index (χ0) is 19.8. The van der Waals surface area contributed by atoms with Crippen molar-refractivity contribution in [2.24, 2.45) is 0 Å². The second kappa shape index (κ2) is 9.47. The summed E-state index contributed by atoms with van der Waals surface area (Å²) in [4.78, 5) is 39.9. The fraction of sp³-hybridized carbons (Fsp3) is 0.300. The smallest absolute Gasteiger partial charge is 0.340 e. The van der Waals surface area contributed by atoms with Gasteiger partial charge in [0.1, 0.15) is 6.61 Å². The predicted molar refractivity (Wildman–Crippen MR) is 98.0 cm³/mol. The number of esters is 3. The number of pyridine rings is 1. The first-order valence-corrected chi connectivity index (χ1v) is 8.54. The molecule has 0 atom stereocenters. The summed E-state index contributed by atoms with van der Waals surface area (Å²) in [7, 11) is 0. The van der Waals surface area contributed by atoms with E-state index in [1.807, 2.05) is 24.3 Å². The van der Waals surface area contributed by atoms with Gasteiger partial charge in [0.25, 0.3) is 0 Å². The summed E-state index contributed by atoms with van der Waals surface area (Å²) in [5, 5.41) is 0.817. The lowest BCUT2D eigenvalue weighted by molar-refractivity contribution is -0.141. The van der Waals surface area contributed by atoms with Crippen LogP contribution in [0.15, 0.2) is 36.4 Å². The summed E-state index contributed by atoms with van der Waals surface area (Å²) < 4.78 is 14.9. The van der Waals surface area contributed by atoms with Crippen molar-refractivity contribution in [3.05, 3.63) is 53.2 Å². The van der Waals surface area contributed by atoms with Crippen molar-refractivity contribution >= 4 is 28.8 Å². The minimum Gasteiger partial charge on any atom is -0.463 e. The van der Waals surface area contributed by atoms with Gasteiger partial charge in [0.2, 0.25) is 0 Å². The molecule has 0 aliphatic carbocycles. The maximum absolute atomic E-state index is 12.4. The van der Waals surface area contributed by atoms with Crippen molar-refractivity contribution < 1.29 is 28.6 Å². The number of para-hydroxylation sites is 1. The van der Waals surface area contributed by atoms with E-state index in [2.05, 4.69) is 9.72 Å². The summed E-state index contributed by atoms with van der Waals surface area (Å²) in [6.07, 6.45) is 1.95. The number of rotatable bonds is 7. The van der Waals surface area contributed by atoms with E-state index in [9.17, 15) is 14.4 Å². The fourth-order valence-corrected chi connectivity index (χ4v) is 2.53. The predicted octanol–water partition coefficient (Wildman–Crippen LogP) is 2.88. The normalized spacial score (nSPS) is 10.8. The largest absolute Gasteiger partial charge is 0.463 e. The first-order valence-electron chi connectivity index (χ1n) is 8.54. The molecule has 0 amide bonds. The highest BCUT2D eigenvalue weighted by molar-refractivity contribution is 5.98. The Morgan fingerprint density at radius 3 is 2.26 bits per heavy atom. The highest BCUT2D eigenvalue weighted by Gasteiger charge is 2.20. The number of aromatic nitrogens is 1. The molecule has 0 saturated heterocycles. The van der Waals surface area contributed by atoms with E-state index in [0.717, 1.165) is 17.5 Å². The average Bonchev–Trinajstić information content (AvgIpc) is 2.65. The van der Waals surface area contributed by atoms with E-state index in [-0.39, 0.29) is 25.4 Å². The van der Waals surface area contributed by atoms with Crippen molar-refractivity contribution in [2.75, 3.05) is 13.2 Å². The number of nitrogens with zero attached hydrogens (tertiary/aromatic N) is 1. The van der Waals surface area contributed by atoms with Crippen LogP contribution in [-0.4, -0.2) is 36.1 Å². The Balaban J connectivity index is 2.28. The quantitative estimate of drug-likeness (QED) is 0.420. The van der Waals surface area contributed by atoms with Gasteiger partial charge in [-0.1, -0.05) is 18.2 Å². The van der Waals surface area contributed by atoms with Gasteiger partial charge >= 0.3 is 17.9 Å². The molecule has 0 radical (unpaired) electrons. The zero-order valence-corrected chi connectivity index (χ0v) is 15.5. The van der Waals surface area contributed by atoms with Crippen LogP contribution in [0.25, 0.3) is 10.9 Å². The monoisotopic (exact) mass is 371 g/mol. The van der Waals surface area contributed by atoms with Crippen molar-refractivity contribution in [1.29, 1.82) is 0 Å². The molecule has 0 N–H and O–H groups in total. The van der Waals surface area contributed by atoms with Crippen LogP contribution in [0.2, 0.25) is 0 Å². The molecule has 1 aromatic heterocycles. The molecule has 0 fully saturated rings. The van der Waals surface area contributed by atoms with Gasteiger partial charge in [0.05, 0.1) is 30.0 Å². The first kappa shape index (κ1) is 20.1. The fourth-order valence-electron chi connectivity index (χ4n) is 2.53. The van der Waals surface area contributed by atoms with Crippen LogP contribution in [0.3, 0.4) is 0 Å². The van der Waals surface area contributed by atoms with Gasteiger partial charge in [-0.25, -0.2) is 19.4 Å². The average molecular weight is 371 g/mol. The molecule has 2 aromatic rings. The lowest BCUT2D eigenvalue weighted by atomic mass is 10.0. The number of ether oxygens (including phenoxy) is 3. The molecule has 142 valence electrons. The standard InChI is InChI=1S/C20H21NO6/c1-4-25-17(22)10-11-18(23)27-12-16-19(20(24)26-5-2)13(3)14-8-6-7-9-15(14)21-16/h6-11H,4-5,12H2,1-3H3/b11-10+. The molecular formula is C20H21NO6. The maximum Gasteiger partial charge on any atom is 0.340 e. The third-order valence-electron chi connectivity index (χ3n) is 3.70. The van der Waals surface area contributed by atoms with E-state index >= 15 is 0 Å². The Morgan fingerprint density at radius 1 is 0.963 bits per heavy atom. The summed E-state index contributed by atoms with van der Waals surface area (Å²) in [5.74, 6) is -1.91. The Bertz CT molecular complexity index is 887. The van der Waals surface area contributed by atoms with E-state index in [0.29, 0.717) is 16.8 Å². The van der Waals surface area contributed by atoms with Crippen LogP contribution in [0.5, 0.6) is 0 Å². The third kappa shape index (κ3) is 5.13. The van der Waals surface area contributed by atoms with E-state index in [4.69, 9.17) is 9.47 Å². The van der Waals surface area contributed by atoms with Crippen LogP contribution in [-0.2, 0) is 30.4 Å². The SMILES string of the molecule is CCOC(=O)/C=C/C(=O)OCc1nc2ccccc2c(C)c1C(=O)OCC. The van der Waals surface area contributed by atoms with Gasteiger partial charge in [-0.05, 0) is 32.4 Å². The summed E-state index contributed by atoms with van der Waals surface area (Å²) in [6, 6.07) is 7.35. The number of hydrogen-bond acceptors (Lipinski definition) is 7. The van der Waals surface area contributed by atoms with Gasteiger partial charge in [-0.3, -0.25) is 0 Å². The molecule has 0 aliphatic heterocycles. The second-order valence-corrected chi connectivity index (χ2v) is 5.49. The van der Waals surface area contributed by atoms with Gasteiger partial charge in [-0.2, -0.15) is 0 Å². The Labute approximate surface area is 156 Å². The highest BCUT2D eigenvalue weighted by Crippen LogP contribution is 2.24. The number of carbonyl (C=O) groups is 3. The van der Waals surface area contributed by atoms with Crippen molar-refractivity contribution in [3.8, 4) is 0 Å². The van der Waals surface area contributed by atoms with Crippen LogP contribution in [0, 0.1) is 6.92 Å². The summed E-state index contributed by atoms with van der Waals surface area (Å²) in [6.45, 7) is 5.36. The molecule has 27 heavy (non-hydrogen) atoms. The van der Waals surface area contributed by atoms with E-state index < -0.39 is 17.9 Å². The minimum absolute atomic E-state index is 0.210. The Morgan fingerprint density at radius 2 is 1.59 bits per heavy atom. The van der Waals surface area contributed by atoms with Crippen LogP contribution in [0.4, 0.5) is 0 Å². The summed E-state index contributed by atoms with van der Waals surface area (Å²) >= 11 is 0. The lowest BCUT2D eigenvalue weighted by Gasteiger charge is -2.13. The maximum atomic E-state index is 12.4. The van der Waals surface area contributed by atoms with Crippen molar-refractivity contribution in [1.82, 2.24) is 4.98 Å². The number of carbonyl (C=O) groups excluding carboxylic acids is 3. The molecule has 7 nitrogen and oxygen atoms in total. The van der Waals surface area contributed by atoms with Crippen LogP contribution >= 0.6 is 0 Å². The molecule has 0 aliphatic rings. The van der Waals surface area contributed by atoms with Gasteiger partial charge in [0.15, 0.2) is 0 Å². The van der Waals surface area contributed by atoms with E-state index in [1.165, 1.54) is 0 Å². The number of aryl methyl sites for hydroxylation is 1. The first-order chi connectivity index (χ1) is 13.0. The van der Waals surface area contributed by atoms with Crippen LogP contribution < -0.4 is 0 Å². The molecule has 0 unspecified atom stereocenters. The third-order valence-corrected chi connectivity index (χ3v) is 3.70. The molecule has 0 saturated carbocycles. The van der Waals surface area contributed by atoms with Gasteiger partial charge in [-0.15, -0.1) is 0 Å². The molecule has 2 rings (SSSR count). The minimum atomic E-state index is -0.745. The molecule has 0 bridgehead atoms. The number of benzene rings is 1. The molecule has 7 heteroatoms. The Hall–Kier alpha value is -3.22. The van der Waals surface area contributed by atoms with Crippen LogP contribution in [0.1, 0.15) is 35.5 Å². The molecule has 1 aromatic carbocycles. The van der Waals surface area contributed by atoms with Gasteiger partial charge < -0.3 is 14.2 Å². The highest BCUT2D eigenvalue weighted by atomic mass is 16.5. The van der Waals surface area contributed by atoms with Crippen molar-refractivity contribution in [2.45, 2.75) is 27.4 Å². The molecular weight excluding hydrogens is 350 g/mol. The zero-order valence-electron chi connectivity index (χ0n) is 15.5. The lowest BCUT2D eigenvalue weighted by Crippen LogP contribution is -2.14. The number of fused-ring (bicyclic) bond motifs is 1. The number of hydrogen-bond donors (Lipinski definition) is 0. The van der Waals surface area contributed by atoms with Gasteiger partial charge in [0, 0.05) is 17.5 Å². The topological polar surface area (TPSA) is 91.8 Å².